The number of carbonyl (C=O) groups is 1. The van der Waals surface area contributed by atoms with Crippen LogP contribution in [0.2, 0.25) is 0 Å². The quantitative estimate of drug-likeness (QED) is 0.216. The third-order valence-electron chi connectivity index (χ3n) is 5.85. The first-order valence-corrected chi connectivity index (χ1v) is 12.3. The number of aromatic nitrogens is 1. The molecule has 7 heteroatoms. The molecule has 0 bridgehead atoms. The molecule has 192 valence electrons. The summed E-state index contributed by atoms with van der Waals surface area (Å²) < 4.78 is 23.1. The highest BCUT2D eigenvalue weighted by molar-refractivity contribution is 5.92. The van der Waals surface area contributed by atoms with Gasteiger partial charge in [-0.2, -0.15) is 0 Å². The van der Waals surface area contributed by atoms with Crippen LogP contribution in [-0.4, -0.2) is 35.9 Å². The average molecular weight is 502 g/mol. The Bertz CT molecular complexity index is 1300. The molecule has 0 spiro atoms. The van der Waals surface area contributed by atoms with Crippen molar-refractivity contribution < 1.29 is 28.5 Å². The zero-order valence-electron chi connectivity index (χ0n) is 21.1. The first kappa shape index (κ1) is 26.0. The van der Waals surface area contributed by atoms with Crippen molar-refractivity contribution in [1.82, 2.24) is 4.98 Å². The summed E-state index contributed by atoms with van der Waals surface area (Å²) in [6, 6.07) is 22.9. The number of ether oxygens (including phenoxy) is 3. The van der Waals surface area contributed by atoms with Crippen LogP contribution in [0.15, 0.2) is 77.2 Å². The lowest BCUT2D eigenvalue weighted by atomic mass is 10.1. The largest absolute Gasteiger partial charge is 0.493 e. The minimum Gasteiger partial charge on any atom is -0.493 e. The molecule has 0 fully saturated rings. The highest BCUT2D eigenvalue weighted by atomic mass is 16.5. The topological polar surface area (TPSA) is 91.0 Å². The summed E-state index contributed by atoms with van der Waals surface area (Å²) in [5, 5.41) is 9.36. The van der Waals surface area contributed by atoms with Crippen LogP contribution in [0.1, 0.15) is 39.4 Å². The van der Waals surface area contributed by atoms with Crippen molar-refractivity contribution in [3.05, 3.63) is 101 Å². The van der Waals surface area contributed by atoms with Crippen LogP contribution in [0.25, 0.3) is 11.5 Å². The highest BCUT2D eigenvalue weighted by Gasteiger charge is 2.14. The summed E-state index contributed by atoms with van der Waals surface area (Å²) in [5.41, 5.74) is 3.79. The predicted octanol–water partition coefficient (Wildman–Crippen LogP) is 6.26. The number of rotatable bonds is 13. The number of nitrogens with zero attached hydrogens (tertiary/aromatic N) is 1. The lowest BCUT2D eigenvalue weighted by Gasteiger charge is -2.11. The lowest BCUT2D eigenvalue weighted by Crippen LogP contribution is -2.08. The van der Waals surface area contributed by atoms with Gasteiger partial charge in [-0.25, -0.2) is 9.78 Å². The van der Waals surface area contributed by atoms with E-state index in [1.165, 1.54) is 0 Å². The van der Waals surface area contributed by atoms with Crippen LogP contribution in [0, 0.1) is 13.8 Å². The SMILES string of the molecule is Cc1cccc(OCCCOCc2ccc(OCCc3nc(-c4ccccc4)oc3C)cc2)c1C(=O)O. The van der Waals surface area contributed by atoms with Gasteiger partial charge in [-0.15, -0.1) is 0 Å². The van der Waals surface area contributed by atoms with Crippen molar-refractivity contribution in [2.24, 2.45) is 0 Å². The molecule has 4 rings (SSSR count). The maximum atomic E-state index is 11.4. The van der Waals surface area contributed by atoms with Gasteiger partial charge in [0.25, 0.3) is 0 Å². The second-order valence-electron chi connectivity index (χ2n) is 8.64. The van der Waals surface area contributed by atoms with Crippen molar-refractivity contribution in [2.45, 2.75) is 33.3 Å². The normalized spacial score (nSPS) is 10.9. The first-order chi connectivity index (χ1) is 18.0. The number of carboxylic acid groups (broad SMARTS) is 1. The Morgan fingerprint density at radius 2 is 1.68 bits per heavy atom. The number of aryl methyl sites for hydroxylation is 2. The van der Waals surface area contributed by atoms with Gasteiger partial charge in [0.15, 0.2) is 0 Å². The number of hydrogen-bond donors (Lipinski definition) is 1. The smallest absolute Gasteiger partial charge is 0.339 e. The molecule has 1 aromatic heterocycles. The van der Waals surface area contributed by atoms with E-state index in [2.05, 4.69) is 4.98 Å². The third kappa shape index (κ3) is 7.21. The Morgan fingerprint density at radius 1 is 0.892 bits per heavy atom. The highest BCUT2D eigenvalue weighted by Crippen LogP contribution is 2.23. The van der Waals surface area contributed by atoms with Gasteiger partial charge in [-0.1, -0.05) is 42.5 Å². The van der Waals surface area contributed by atoms with E-state index < -0.39 is 5.97 Å². The fourth-order valence-electron chi connectivity index (χ4n) is 3.88. The Morgan fingerprint density at radius 3 is 2.43 bits per heavy atom. The van der Waals surface area contributed by atoms with Gasteiger partial charge in [-0.05, 0) is 55.3 Å². The van der Waals surface area contributed by atoms with Crippen LogP contribution in [0.3, 0.4) is 0 Å². The zero-order valence-corrected chi connectivity index (χ0v) is 21.1. The molecular weight excluding hydrogens is 470 g/mol. The molecule has 0 saturated heterocycles. The summed E-state index contributed by atoms with van der Waals surface area (Å²) in [6.07, 6.45) is 1.31. The molecule has 3 aromatic carbocycles. The molecule has 0 amide bonds. The van der Waals surface area contributed by atoms with Crippen LogP contribution in [-0.2, 0) is 17.8 Å². The molecule has 0 radical (unpaired) electrons. The van der Waals surface area contributed by atoms with Gasteiger partial charge in [0.05, 0.1) is 32.1 Å². The van der Waals surface area contributed by atoms with E-state index in [-0.39, 0.29) is 5.56 Å². The Balaban J connectivity index is 1.15. The fourth-order valence-corrected chi connectivity index (χ4v) is 3.88. The van der Waals surface area contributed by atoms with Crippen molar-refractivity contribution in [3.8, 4) is 23.0 Å². The zero-order chi connectivity index (χ0) is 26.0. The number of benzene rings is 3. The monoisotopic (exact) mass is 501 g/mol. The van der Waals surface area contributed by atoms with Crippen molar-refractivity contribution in [2.75, 3.05) is 19.8 Å². The van der Waals surface area contributed by atoms with Gasteiger partial charge in [0, 0.05) is 18.4 Å². The molecular formula is C30H31NO6. The van der Waals surface area contributed by atoms with E-state index in [1.54, 1.807) is 25.1 Å². The van der Waals surface area contributed by atoms with Crippen molar-refractivity contribution in [1.29, 1.82) is 0 Å². The molecule has 0 saturated carbocycles. The Hall–Kier alpha value is -4.10. The van der Waals surface area contributed by atoms with Crippen LogP contribution >= 0.6 is 0 Å². The Kier molecular flexibility index (Phi) is 8.94. The maximum absolute atomic E-state index is 11.4. The third-order valence-corrected chi connectivity index (χ3v) is 5.85. The maximum Gasteiger partial charge on any atom is 0.339 e. The number of carboxylic acids is 1. The number of hydrogen-bond acceptors (Lipinski definition) is 6. The molecule has 0 unspecified atom stereocenters. The van der Waals surface area contributed by atoms with Gasteiger partial charge in [-0.3, -0.25) is 0 Å². The van der Waals surface area contributed by atoms with Gasteiger partial charge in [0.2, 0.25) is 5.89 Å². The number of oxazole rings is 1. The molecule has 7 nitrogen and oxygen atoms in total. The molecule has 1 N–H and O–H groups in total. The van der Waals surface area contributed by atoms with E-state index in [4.69, 9.17) is 18.6 Å². The van der Waals surface area contributed by atoms with Crippen molar-refractivity contribution in [3.63, 3.8) is 0 Å². The van der Waals surface area contributed by atoms with E-state index in [1.807, 2.05) is 61.5 Å². The molecule has 4 aromatic rings. The first-order valence-electron chi connectivity index (χ1n) is 12.3. The van der Waals surface area contributed by atoms with Gasteiger partial charge < -0.3 is 23.7 Å². The Labute approximate surface area is 216 Å². The minimum absolute atomic E-state index is 0.207. The van der Waals surface area contributed by atoms with E-state index >= 15 is 0 Å². The second kappa shape index (κ2) is 12.7. The summed E-state index contributed by atoms with van der Waals surface area (Å²) in [6.45, 7) is 5.55. The number of aromatic carboxylic acids is 1. The van der Waals surface area contributed by atoms with Crippen LogP contribution in [0.4, 0.5) is 0 Å². The summed E-state index contributed by atoms with van der Waals surface area (Å²) >= 11 is 0. The molecule has 1 heterocycles. The fraction of sp³-hybridized carbons (Fsp3) is 0.267. The molecule has 37 heavy (non-hydrogen) atoms. The molecule has 0 aliphatic rings. The van der Waals surface area contributed by atoms with Crippen LogP contribution in [0.5, 0.6) is 11.5 Å². The standard InChI is InChI=1S/C30H31NO6/c1-21-8-6-11-27(28(21)30(32)33)36-18-7-17-34-20-23-12-14-25(15-13-23)35-19-16-26-22(2)37-29(31-26)24-9-4-3-5-10-24/h3-6,8-15H,7,16-20H2,1-2H3,(H,32,33). The molecule has 0 atom stereocenters. The second-order valence-corrected chi connectivity index (χ2v) is 8.64. The van der Waals surface area contributed by atoms with Gasteiger partial charge >= 0.3 is 5.97 Å². The average Bonchev–Trinajstić information content (AvgIpc) is 3.27. The van der Waals surface area contributed by atoms with E-state index in [0.29, 0.717) is 56.5 Å². The van der Waals surface area contributed by atoms with E-state index in [0.717, 1.165) is 28.3 Å². The molecule has 0 aliphatic carbocycles. The predicted molar refractivity (Wildman–Crippen MR) is 140 cm³/mol. The molecule has 0 aliphatic heterocycles. The lowest BCUT2D eigenvalue weighted by molar-refractivity contribution is 0.0690. The summed E-state index contributed by atoms with van der Waals surface area (Å²) in [4.78, 5) is 16.0. The van der Waals surface area contributed by atoms with Gasteiger partial charge in [0.1, 0.15) is 22.8 Å². The minimum atomic E-state index is -0.984. The van der Waals surface area contributed by atoms with Crippen LogP contribution < -0.4 is 9.47 Å². The van der Waals surface area contributed by atoms with Crippen molar-refractivity contribution >= 4 is 5.97 Å². The van der Waals surface area contributed by atoms with E-state index in [9.17, 15) is 9.90 Å². The summed E-state index contributed by atoms with van der Waals surface area (Å²) in [5.74, 6) is 1.63. The summed E-state index contributed by atoms with van der Waals surface area (Å²) in [7, 11) is 0.